The molecule has 21 nitrogen and oxygen atoms in total. The minimum absolute atomic E-state index is 0.0301. The SMILES string of the molecule is CC[C@H](C)[C@H](NC(=O)CNC(=O)[C@H](C)NC(=O)[C@H](Cc1ccc(OP(=O)(O)O)cc1)NC(=O)[C@H](CCC(N)=O)NC(=O)[C@@H](N)Cc1cnc[nH]1)C(=O)O. The van der Waals surface area contributed by atoms with Crippen molar-refractivity contribution >= 4 is 49.2 Å². The van der Waals surface area contributed by atoms with Crippen LogP contribution in [0.1, 0.15) is 51.3 Å². The second-order valence-corrected chi connectivity index (χ2v) is 13.3. The number of phosphoric ester groups is 1. The number of aromatic nitrogens is 2. The van der Waals surface area contributed by atoms with Crippen molar-refractivity contribution in [1.29, 1.82) is 0 Å². The third-order valence-electron chi connectivity index (χ3n) is 7.84. The number of nitrogens with one attached hydrogen (secondary N) is 6. The predicted octanol–water partition coefficient (Wildman–Crippen LogP) is -2.53. The molecule has 53 heavy (non-hydrogen) atoms. The number of nitrogens with zero attached hydrogens (tertiary/aromatic N) is 1. The van der Waals surface area contributed by atoms with Gasteiger partial charge in [0.15, 0.2) is 0 Å². The van der Waals surface area contributed by atoms with Gasteiger partial charge >= 0.3 is 13.8 Å². The first-order valence-electron chi connectivity index (χ1n) is 16.4. The van der Waals surface area contributed by atoms with Crippen LogP contribution in [0.5, 0.6) is 5.75 Å². The molecule has 0 radical (unpaired) electrons. The maximum atomic E-state index is 13.6. The lowest BCUT2D eigenvalue weighted by atomic mass is 9.99. The molecule has 0 bridgehead atoms. The lowest BCUT2D eigenvalue weighted by Crippen LogP contribution is -2.58. The smallest absolute Gasteiger partial charge is 0.480 e. The van der Waals surface area contributed by atoms with Crippen LogP contribution in [-0.4, -0.2) is 103 Å². The highest BCUT2D eigenvalue weighted by atomic mass is 31.2. The van der Waals surface area contributed by atoms with E-state index < -0.39 is 91.9 Å². The Bertz CT molecular complexity index is 1630. The number of hydrogen-bond acceptors (Lipinski definition) is 11. The fourth-order valence-electron chi connectivity index (χ4n) is 4.71. The third kappa shape index (κ3) is 15.8. The monoisotopic (exact) mass is 767 g/mol. The molecule has 0 saturated carbocycles. The first-order valence-corrected chi connectivity index (χ1v) is 17.9. The summed E-state index contributed by atoms with van der Waals surface area (Å²) in [6.07, 6.45) is 2.48. The quantitative estimate of drug-likeness (QED) is 0.0551. The number of imidazole rings is 1. The number of nitrogens with two attached hydrogens (primary N) is 2. The molecule has 0 aliphatic heterocycles. The van der Waals surface area contributed by atoms with Gasteiger partial charge in [0.05, 0.1) is 18.9 Å². The van der Waals surface area contributed by atoms with Crippen molar-refractivity contribution in [3.63, 3.8) is 0 Å². The Morgan fingerprint density at radius 3 is 2.08 bits per heavy atom. The number of rotatable bonds is 22. The van der Waals surface area contributed by atoms with Gasteiger partial charge in [-0.2, -0.15) is 0 Å². The molecule has 1 aromatic carbocycles. The average Bonchev–Trinajstić information content (AvgIpc) is 3.59. The molecule has 0 fully saturated rings. The molecule has 292 valence electrons. The number of aromatic amines is 1. The summed E-state index contributed by atoms with van der Waals surface area (Å²) in [4.78, 5) is 113. The van der Waals surface area contributed by atoms with E-state index in [-0.39, 0.29) is 31.4 Å². The summed E-state index contributed by atoms with van der Waals surface area (Å²) >= 11 is 0. The molecular weight excluding hydrogens is 721 g/mol. The second-order valence-electron chi connectivity index (χ2n) is 12.2. The Kier molecular flexibility index (Phi) is 17.0. The first kappa shape index (κ1) is 43.8. The van der Waals surface area contributed by atoms with Gasteiger partial charge in [-0.3, -0.25) is 38.6 Å². The number of primary amides is 1. The van der Waals surface area contributed by atoms with Gasteiger partial charge in [-0.05, 0) is 37.0 Å². The maximum Gasteiger partial charge on any atom is 0.524 e. The van der Waals surface area contributed by atoms with Crippen molar-refractivity contribution in [2.45, 2.75) is 83.1 Å². The zero-order valence-electron chi connectivity index (χ0n) is 29.2. The maximum absolute atomic E-state index is 13.6. The van der Waals surface area contributed by atoms with Gasteiger partial charge < -0.3 is 52.7 Å². The van der Waals surface area contributed by atoms with Crippen molar-refractivity contribution in [3.8, 4) is 5.75 Å². The predicted molar refractivity (Wildman–Crippen MR) is 185 cm³/mol. The lowest BCUT2D eigenvalue weighted by molar-refractivity contribution is -0.143. The Morgan fingerprint density at radius 1 is 0.906 bits per heavy atom. The summed E-state index contributed by atoms with van der Waals surface area (Å²) in [6.45, 7) is 4.07. The fourth-order valence-corrected chi connectivity index (χ4v) is 5.11. The largest absolute Gasteiger partial charge is 0.524 e. The number of carboxylic acids is 1. The number of hydrogen-bond donors (Lipinski definition) is 11. The Labute approximate surface area is 304 Å². The highest BCUT2D eigenvalue weighted by Crippen LogP contribution is 2.37. The number of aliphatic carboxylic acids is 1. The molecular formula is C31H46N9O12P. The summed E-state index contributed by atoms with van der Waals surface area (Å²) < 4.78 is 15.7. The normalized spacial score (nSPS) is 14.6. The van der Waals surface area contributed by atoms with Gasteiger partial charge in [0.1, 0.15) is 29.9 Å². The van der Waals surface area contributed by atoms with Gasteiger partial charge in [0.2, 0.25) is 35.4 Å². The summed E-state index contributed by atoms with van der Waals surface area (Å²) in [5, 5.41) is 21.4. The molecule has 6 amide bonds. The molecule has 0 aliphatic rings. The molecule has 0 saturated heterocycles. The van der Waals surface area contributed by atoms with Crippen molar-refractivity contribution in [3.05, 3.63) is 48.0 Å². The third-order valence-corrected chi connectivity index (χ3v) is 8.28. The molecule has 0 spiro atoms. The number of H-pyrrole nitrogens is 1. The molecule has 0 aliphatic carbocycles. The van der Waals surface area contributed by atoms with Crippen molar-refractivity contribution < 1.29 is 57.5 Å². The number of carboxylic acid groups (broad SMARTS) is 1. The van der Waals surface area contributed by atoms with Crippen molar-refractivity contribution in [1.82, 2.24) is 36.6 Å². The van der Waals surface area contributed by atoms with E-state index in [4.69, 9.17) is 21.3 Å². The van der Waals surface area contributed by atoms with Gasteiger partial charge in [-0.1, -0.05) is 32.4 Å². The van der Waals surface area contributed by atoms with Crippen LogP contribution < -0.4 is 42.6 Å². The van der Waals surface area contributed by atoms with Crippen LogP contribution in [0.25, 0.3) is 0 Å². The highest BCUT2D eigenvalue weighted by Gasteiger charge is 2.31. The molecule has 1 aromatic heterocycles. The topological polar surface area (TPSA) is 347 Å². The number of amides is 6. The van der Waals surface area contributed by atoms with Gasteiger partial charge in [0.25, 0.3) is 0 Å². The second kappa shape index (κ2) is 20.6. The van der Waals surface area contributed by atoms with E-state index in [1.54, 1.807) is 13.8 Å². The average molecular weight is 768 g/mol. The van der Waals surface area contributed by atoms with E-state index in [1.807, 2.05) is 0 Å². The van der Waals surface area contributed by atoms with Gasteiger partial charge in [-0.25, -0.2) is 14.3 Å². The lowest BCUT2D eigenvalue weighted by Gasteiger charge is -2.25. The van der Waals surface area contributed by atoms with Gasteiger partial charge in [-0.15, -0.1) is 0 Å². The van der Waals surface area contributed by atoms with E-state index in [0.29, 0.717) is 17.7 Å². The van der Waals surface area contributed by atoms with Crippen LogP contribution in [0, 0.1) is 5.92 Å². The minimum atomic E-state index is -4.87. The van der Waals surface area contributed by atoms with Crippen LogP contribution >= 0.6 is 7.82 Å². The minimum Gasteiger partial charge on any atom is -0.480 e. The highest BCUT2D eigenvalue weighted by molar-refractivity contribution is 7.46. The Hall–Kier alpha value is -5.37. The van der Waals surface area contributed by atoms with E-state index in [1.165, 1.54) is 43.7 Å². The van der Waals surface area contributed by atoms with E-state index in [0.717, 1.165) is 0 Å². The number of phosphoric acid groups is 1. The number of benzene rings is 1. The summed E-state index contributed by atoms with van der Waals surface area (Å²) in [6, 6.07) is -1.34. The van der Waals surface area contributed by atoms with Crippen molar-refractivity contribution in [2.75, 3.05) is 6.54 Å². The molecule has 2 rings (SSSR count). The first-order chi connectivity index (χ1) is 24.8. The Balaban J connectivity index is 2.23. The Morgan fingerprint density at radius 2 is 1.53 bits per heavy atom. The fraction of sp³-hybridized carbons (Fsp3) is 0.484. The zero-order valence-corrected chi connectivity index (χ0v) is 30.1. The summed E-state index contributed by atoms with van der Waals surface area (Å²) in [5.41, 5.74) is 12.2. The zero-order chi connectivity index (χ0) is 39.9. The van der Waals surface area contributed by atoms with Crippen LogP contribution in [0.3, 0.4) is 0 Å². The standard InChI is InChI=1S/C31H46N9O12P/c1-4-16(2)26(31(47)48)40-25(42)14-35-27(43)17(3)37-30(46)23(11-18-5-7-20(8-6-18)52-53(49,50)51)39-29(45)22(9-10-24(33)41)38-28(44)21(32)12-19-13-34-15-36-19/h5-8,13,15-17,21-23,26H,4,9-12,14,32H2,1-3H3,(H2,33,41)(H,34,36)(H,35,43)(H,37,46)(H,38,44)(H,39,45)(H,40,42)(H,47,48)(H2,49,50,51)/t16-,17-,21-,22-,23-,26-/m0/s1. The van der Waals surface area contributed by atoms with Crippen LogP contribution in [-0.2, 0) is 51.0 Å². The van der Waals surface area contributed by atoms with Crippen molar-refractivity contribution in [2.24, 2.45) is 17.4 Å². The molecule has 22 heteroatoms. The van der Waals surface area contributed by atoms with E-state index >= 15 is 0 Å². The van der Waals surface area contributed by atoms with Crippen LogP contribution in [0.4, 0.5) is 0 Å². The molecule has 6 atom stereocenters. The summed E-state index contributed by atoms with van der Waals surface area (Å²) in [5.74, 6) is -6.81. The van der Waals surface area contributed by atoms with E-state index in [9.17, 15) is 43.2 Å². The molecule has 2 aromatic rings. The van der Waals surface area contributed by atoms with E-state index in [2.05, 4.69) is 41.1 Å². The van der Waals surface area contributed by atoms with Gasteiger partial charge in [0, 0.05) is 31.2 Å². The summed E-state index contributed by atoms with van der Waals surface area (Å²) in [7, 11) is -4.87. The molecule has 13 N–H and O–H groups in total. The number of carbonyl (C=O) groups is 7. The van der Waals surface area contributed by atoms with Crippen LogP contribution in [0.15, 0.2) is 36.8 Å². The van der Waals surface area contributed by atoms with Crippen LogP contribution in [0.2, 0.25) is 0 Å². The molecule has 1 heterocycles. The number of carbonyl (C=O) groups excluding carboxylic acids is 6. The molecule has 0 unspecified atom stereocenters.